The Labute approximate surface area is 148 Å². The molecular formula is C16H17BrN4O3. The monoisotopic (exact) mass is 392 g/mol. The minimum atomic E-state index is -0.324. The van der Waals surface area contributed by atoms with E-state index < -0.39 is 0 Å². The Morgan fingerprint density at radius 1 is 1.33 bits per heavy atom. The number of carbonyl (C=O) groups excluding carboxylic acids is 1. The summed E-state index contributed by atoms with van der Waals surface area (Å²) in [4.78, 5) is 22.7. The standard InChI is InChI=1S/C16H17BrN4O3/c1-23-11-5-3-4-10(8-11)19-13-6-7-21(15(13)22)16-18-9-12(17)14(20-16)24-2/h3-5,8-9,13,19H,6-7H2,1-2H3. The van der Waals surface area contributed by atoms with E-state index in [9.17, 15) is 4.79 Å². The molecule has 1 aromatic heterocycles. The first kappa shape index (κ1) is 16.5. The summed E-state index contributed by atoms with van der Waals surface area (Å²) in [5.74, 6) is 1.41. The van der Waals surface area contributed by atoms with E-state index in [1.165, 1.54) is 7.11 Å². The quantitative estimate of drug-likeness (QED) is 0.841. The van der Waals surface area contributed by atoms with Gasteiger partial charge in [-0.05, 0) is 34.5 Å². The van der Waals surface area contributed by atoms with E-state index in [1.54, 1.807) is 18.2 Å². The minimum absolute atomic E-state index is 0.0674. The van der Waals surface area contributed by atoms with Gasteiger partial charge < -0.3 is 14.8 Å². The average molecular weight is 393 g/mol. The number of hydrogen-bond acceptors (Lipinski definition) is 6. The lowest BCUT2D eigenvalue weighted by molar-refractivity contribution is -0.117. The molecule has 0 saturated carbocycles. The number of amides is 1. The zero-order chi connectivity index (χ0) is 17.1. The lowest BCUT2D eigenvalue weighted by atomic mass is 10.2. The van der Waals surface area contributed by atoms with E-state index in [0.717, 1.165) is 11.4 Å². The maximum absolute atomic E-state index is 12.6. The topological polar surface area (TPSA) is 76.6 Å². The summed E-state index contributed by atoms with van der Waals surface area (Å²) < 4.78 is 11.0. The van der Waals surface area contributed by atoms with Crippen LogP contribution in [0, 0.1) is 0 Å². The molecule has 1 atom stereocenters. The van der Waals surface area contributed by atoms with Crippen molar-refractivity contribution >= 4 is 33.5 Å². The van der Waals surface area contributed by atoms with Crippen molar-refractivity contribution < 1.29 is 14.3 Å². The molecule has 8 heteroatoms. The number of benzene rings is 1. The third-order valence-corrected chi connectivity index (χ3v) is 4.29. The number of ether oxygens (including phenoxy) is 2. The van der Waals surface area contributed by atoms with Crippen molar-refractivity contribution in [3.63, 3.8) is 0 Å². The predicted molar refractivity (Wildman–Crippen MR) is 93.7 cm³/mol. The Balaban J connectivity index is 1.75. The fourth-order valence-corrected chi connectivity index (χ4v) is 2.90. The van der Waals surface area contributed by atoms with Gasteiger partial charge in [0.1, 0.15) is 11.8 Å². The highest BCUT2D eigenvalue weighted by Crippen LogP contribution is 2.27. The lowest BCUT2D eigenvalue weighted by Gasteiger charge is -2.17. The molecule has 1 aliphatic rings. The molecule has 0 spiro atoms. The number of halogens is 1. The number of hydrogen-bond donors (Lipinski definition) is 1. The highest BCUT2D eigenvalue weighted by molar-refractivity contribution is 9.10. The molecule has 1 saturated heterocycles. The zero-order valence-electron chi connectivity index (χ0n) is 13.3. The van der Waals surface area contributed by atoms with Crippen LogP contribution in [0.2, 0.25) is 0 Å². The van der Waals surface area contributed by atoms with E-state index in [2.05, 4.69) is 31.2 Å². The summed E-state index contributed by atoms with van der Waals surface area (Å²) >= 11 is 3.31. The number of nitrogens with zero attached hydrogens (tertiary/aromatic N) is 3. The van der Waals surface area contributed by atoms with Crippen molar-refractivity contribution in [2.24, 2.45) is 0 Å². The molecule has 0 aliphatic carbocycles. The van der Waals surface area contributed by atoms with Crippen molar-refractivity contribution in [3.05, 3.63) is 34.9 Å². The predicted octanol–water partition coefficient (Wildman–Crippen LogP) is 2.47. The third kappa shape index (κ3) is 3.28. The van der Waals surface area contributed by atoms with Gasteiger partial charge in [0.2, 0.25) is 11.8 Å². The van der Waals surface area contributed by atoms with E-state index in [-0.39, 0.29) is 11.9 Å². The number of rotatable bonds is 5. The molecule has 1 aromatic carbocycles. The molecular weight excluding hydrogens is 376 g/mol. The van der Waals surface area contributed by atoms with Gasteiger partial charge in [-0.15, -0.1) is 0 Å². The second-order valence-corrected chi connectivity index (χ2v) is 6.09. The van der Waals surface area contributed by atoms with Crippen LogP contribution in [0.5, 0.6) is 11.6 Å². The molecule has 0 radical (unpaired) electrons. The molecule has 1 amide bonds. The maximum atomic E-state index is 12.6. The molecule has 126 valence electrons. The maximum Gasteiger partial charge on any atom is 0.251 e. The van der Waals surface area contributed by atoms with Crippen molar-refractivity contribution in [2.75, 3.05) is 31.0 Å². The van der Waals surface area contributed by atoms with Gasteiger partial charge in [0.25, 0.3) is 5.91 Å². The normalized spacial score (nSPS) is 17.0. The molecule has 2 heterocycles. The van der Waals surface area contributed by atoms with Crippen LogP contribution in [0.4, 0.5) is 11.6 Å². The van der Waals surface area contributed by atoms with Crippen molar-refractivity contribution in [1.29, 1.82) is 0 Å². The van der Waals surface area contributed by atoms with Gasteiger partial charge in [-0.25, -0.2) is 4.98 Å². The lowest BCUT2D eigenvalue weighted by Crippen LogP contribution is -2.34. The number of methoxy groups -OCH3 is 2. The fraction of sp³-hybridized carbons (Fsp3) is 0.312. The van der Waals surface area contributed by atoms with E-state index in [0.29, 0.717) is 29.3 Å². The molecule has 0 bridgehead atoms. The molecule has 1 aliphatic heterocycles. The van der Waals surface area contributed by atoms with E-state index >= 15 is 0 Å². The van der Waals surface area contributed by atoms with Gasteiger partial charge in [0, 0.05) is 18.3 Å². The summed E-state index contributed by atoms with van der Waals surface area (Å²) in [7, 11) is 3.13. The minimum Gasteiger partial charge on any atom is -0.497 e. The first-order chi connectivity index (χ1) is 11.6. The van der Waals surface area contributed by atoms with Crippen LogP contribution in [0.3, 0.4) is 0 Å². The van der Waals surface area contributed by atoms with E-state index in [1.807, 2.05) is 24.3 Å². The van der Waals surface area contributed by atoms with Crippen LogP contribution in [0.25, 0.3) is 0 Å². The zero-order valence-corrected chi connectivity index (χ0v) is 14.9. The number of anilines is 2. The molecule has 1 fully saturated rings. The molecule has 7 nitrogen and oxygen atoms in total. The first-order valence-corrected chi connectivity index (χ1v) is 8.20. The summed E-state index contributed by atoms with van der Waals surface area (Å²) in [6.45, 7) is 0.547. The van der Waals surface area contributed by atoms with Crippen LogP contribution in [-0.4, -0.2) is 42.7 Å². The molecule has 24 heavy (non-hydrogen) atoms. The van der Waals surface area contributed by atoms with Gasteiger partial charge >= 0.3 is 0 Å². The van der Waals surface area contributed by atoms with Crippen LogP contribution in [0.15, 0.2) is 34.9 Å². The second kappa shape index (κ2) is 7.04. The van der Waals surface area contributed by atoms with E-state index in [4.69, 9.17) is 9.47 Å². The first-order valence-electron chi connectivity index (χ1n) is 7.41. The Morgan fingerprint density at radius 3 is 2.92 bits per heavy atom. The molecule has 2 aromatic rings. The highest BCUT2D eigenvalue weighted by atomic mass is 79.9. The van der Waals surface area contributed by atoms with Crippen molar-refractivity contribution in [1.82, 2.24) is 9.97 Å². The third-order valence-electron chi connectivity index (χ3n) is 3.75. The Bertz CT molecular complexity index is 756. The van der Waals surface area contributed by atoms with Crippen LogP contribution >= 0.6 is 15.9 Å². The second-order valence-electron chi connectivity index (χ2n) is 5.23. The van der Waals surface area contributed by atoms with Gasteiger partial charge in [-0.2, -0.15) is 4.98 Å². The summed E-state index contributed by atoms with van der Waals surface area (Å²) in [6.07, 6.45) is 2.25. The Hall–Kier alpha value is -2.35. The molecule has 1 N–H and O–H groups in total. The largest absolute Gasteiger partial charge is 0.497 e. The highest BCUT2D eigenvalue weighted by Gasteiger charge is 2.34. The van der Waals surface area contributed by atoms with Gasteiger partial charge in [-0.3, -0.25) is 9.69 Å². The fourth-order valence-electron chi connectivity index (χ4n) is 2.54. The number of nitrogens with one attached hydrogen (secondary N) is 1. The summed E-state index contributed by atoms with van der Waals surface area (Å²) in [5.41, 5.74) is 0.837. The van der Waals surface area contributed by atoms with Gasteiger partial charge in [0.15, 0.2) is 0 Å². The van der Waals surface area contributed by atoms with Crippen LogP contribution in [-0.2, 0) is 4.79 Å². The van der Waals surface area contributed by atoms with Gasteiger partial charge in [-0.1, -0.05) is 6.07 Å². The Morgan fingerprint density at radius 2 is 2.17 bits per heavy atom. The SMILES string of the molecule is COc1cccc(NC2CCN(c3ncc(Br)c(OC)n3)C2=O)c1. The van der Waals surface area contributed by atoms with Gasteiger partial charge in [0.05, 0.1) is 24.9 Å². The van der Waals surface area contributed by atoms with Crippen LogP contribution in [0.1, 0.15) is 6.42 Å². The molecule has 1 unspecified atom stereocenters. The molecule has 3 rings (SSSR count). The number of carbonyl (C=O) groups is 1. The average Bonchev–Trinajstić information content (AvgIpc) is 2.96. The summed E-state index contributed by atoms with van der Waals surface area (Å²) in [6, 6.07) is 7.17. The Kier molecular flexibility index (Phi) is 4.84. The smallest absolute Gasteiger partial charge is 0.251 e. The van der Waals surface area contributed by atoms with Crippen LogP contribution < -0.4 is 19.7 Å². The van der Waals surface area contributed by atoms with Crippen molar-refractivity contribution in [3.8, 4) is 11.6 Å². The number of aromatic nitrogens is 2. The summed E-state index contributed by atoms with van der Waals surface area (Å²) in [5, 5.41) is 3.24. The van der Waals surface area contributed by atoms with Crippen molar-refractivity contribution in [2.45, 2.75) is 12.5 Å².